The quantitative estimate of drug-likeness (QED) is 0.726. The molecular formula is C19H23N3O6. The van der Waals surface area contributed by atoms with Crippen LogP contribution in [-0.2, 0) is 19.1 Å². The second-order valence-electron chi connectivity index (χ2n) is 6.63. The highest BCUT2D eigenvalue weighted by Gasteiger charge is 2.38. The molecule has 3 rings (SSSR count). The van der Waals surface area contributed by atoms with Crippen molar-refractivity contribution >= 4 is 29.5 Å². The molecule has 9 heteroatoms. The van der Waals surface area contributed by atoms with Crippen molar-refractivity contribution in [2.75, 3.05) is 31.1 Å². The first kappa shape index (κ1) is 19.7. The highest BCUT2D eigenvalue weighted by Crippen LogP contribution is 2.27. The second-order valence-corrected chi connectivity index (χ2v) is 6.63. The van der Waals surface area contributed by atoms with Crippen molar-refractivity contribution in [3.8, 4) is 5.75 Å². The summed E-state index contributed by atoms with van der Waals surface area (Å²) in [6.07, 6.45) is -1.08. The number of amides is 4. The molecule has 0 aromatic heterocycles. The van der Waals surface area contributed by atoms with Crippen LogP contribution in [0.15, 0.2) is 24.3 Å². The Kier molecular flexibility index (Phi) is 5.81. The van der Waals surface area contributed by atoms with Crippen LogP contribution in [0.1, 0.15) is 20.3 Å². The molecule has 4 amide bonds. The standard InChI is InChI=1S/C19H23N3O6/c1-3-27-15-6-4-14(5-7-15)22-11-13(10-16(22)23)18(25)28-12(2)17(24)21-9-8-20-19(21)26/h4-7,12-13H,3,8-11H2,1-2H3,(H,20,26). The highest BCUT2D eigenvalue weighted by molar-refractivity contribution is 6.01. The second kappa shape index (κ2) is 8.28. The van der Waals surface area contributed by atoms with E-state index in [1.54, 1.807) is 24.3 Å². The van der Waals surface area contributed by atoms with Gasteiger partial charge in [-0.15, -0.1) is 0 Å². The van der Waals surface area contributed by atoms with Gasteiger partial charge >= 0.3 is 12.0 Å². The number of imide groups is 1. The Morgan fingerprint density at radius 1 is 1.25 bits per heavy atom. The molecule has 2 unspecified atom stereocenters. The third-order valence-corrected chi connectivity index (χ3v) is 4.68. The zero-order valence-electron chi connectivity index (χ0n) is 15.8. The molecule has 1 N–H and O–H groups in total. The minimum atomic E-state index is -1.09. The van der Waals surface area contributed by atoms with E-state index in [1.807, 2.05) is 6.92 Å². The average molecular weight is 389 g/mol. The van der Waals surface area contributed by atoms with Gasteiger partial charge in [-0.1, -0.05) is 0 Å². The number of hydrogen-bond donors (Lipinski definition) is 1. The SMILES string of the molecule is CCOc1ccc(N2CC(C(=O)OC(C)C(=O)N3CCNC3=O)CC2=O)cc1. The van der Waals surface area contributed by atoms with Gasteiger partial charge in [-0.3, -0.25) is 19.3 Å². The number of carbonyl (C=O) groups excluding carboxylic acids is 4. The van der Waals surface area contributed by atoms with E-state index in [0.29, 0.717) is 24.6 Å². The molecule has 2 atom stereocenters. The van der Waals surface area contributed by atoms with Crippen LogP contribution in [-0.4, -0.2) is 61.1 Å². The van der Waals surface area contributed by atoms with Crippen molar-refractivity contribution in [2.24, 2.45) is 5.92 Å². The maximum absolute atomic E-state index is 12.4. The van der Waals surface area contributed by atoms with E-state index in [0.717, 1.165) is 4.90 Å². The molecule has 2 saturated heterocycles. The van der Waals surface area contributed by atoms with Crippen LogP contribution in [0, 0.1) is 5.92 Å². The maximum Gasteiger partial charge on any atom is 0.324 e. The maximum atomic E-state index is 12.4. The lowest BCUT2D eigenvalue weighted by Crippen LogP contribution is -2.42. The minimum Gasteiger partial charge on any atom is -0.494 e. The molecule has 0 spiro atoms. The lowest BCUT2D eigenvalue weighted by atomic mass is 10.1. The summed E-state index contributed by atoms with van der Waals surface area (Å²) >= 11 is 0. The zero-order valence-corrected chi connectivity index (χ0v) is 15.8. The van der Waals surface area contributed by atoms with Crippen LogP contribution in [0.5, 0.6) is 5.75 Å². The van der Waals surface area contributed by atoms with Crippen molar-refractivity contribution in [1.29, 1.82) is 0 Å². The summed E-state index contributed by atoms with van der Waals surface area (Å²) in [4.78, 5) is 51.1. The van der Waals surface area contributed by atoms with Gasteiger partial charge < -0.3 is 19.7 Å². The number of carbonyl (C=O) groups is 4. The van der Waals surface area contributed by atoms with Crippen molar-refractivity contribution < 1.29 is 28.7 Å². The monoisotopic (exact) mass is 389 g/mol. The summed E-state index contributed by atoms with van der Waals surface area (Å²) in [7, 11) is 0. The highest BCUT2D eigenvalue weighted by atomic mass is 16.5. The Labute approximate surface area is 162 Å². The summed E-state index contributed by atoms with van der Waals surface area (Å²) in [5, 5.41) is 2.52. The predicted octanol–water partition coefficient (Wildman–Crippen LogP) is 0.922. The van der Waals surface area contributed by atoms with Gasteiger partial charge in [0.15, 0.2) is 6.10 Å². The molecule has 28 heavy (non-hydrogen) atoms. The van der Waals surface area contributed by atoms with Gasteiger partial charge in [-0.25, -0.2) is 4.79 Å². The first-order chi connectivity index (χ1) is 13.4. The summed E-state index contributed by atoms with van der Waals surface area (Å²) in [5.74, 6) is -1.35. The molecule has 0 saturated carbocycles. The summed E-state index contributed by atoms with van der Waals surface area (Å²) in [6, 6.07) is 6.55. The van der Waals surface area contributed by atoms with E-state index in [4.69, 9.17) is 9.47 Å². The average Bonchev–Trinajstić information content (AvgIpc) is 3.27. The molecule has 2 aliphatic rings. The van der Waals surface area contributed by atoms with Crippen LogP contribution in [0.25, 0.3) is 0 Å². The normalized spacial score (nSPS) is 20.1. The van der Waals surface area contributed by atoms with E-state index >= 15 is 0 Å². The molecule has 1 aromatic carbocycles. The van der Waals surface area contributed by atoms with Gasteiger partial charge in [-0.05, 0) is 38.1 Å². The van der Waals surface area contributed by atoms with Crippen LogP contribution in [0.4, 0.5) is 10.5 Å². The van der Waals surface area contributed by atoms with E-state index in [1.165, 1.54) is 11.8 Å². The molecule has 2 fully saturated rings. The van der Waals surface area contributed by atoms with Crippen molar-refractivity contribution in [3.63, 3.8) is 0 Å². The third-order valence-electron chi connectivity index (χ3n) is 4.68. The van der Waals surface area contributed by atoms with Crippen molar-refractivity contribution in [3.05, 3.63) is 24.3 Å². The molecule has 1 aromatic rings. The number of ether oxygens (including phenoxy) is 2. The Balaban J connectivity index is 1.58. The fourth-order valence-corrected chi connectivity index (χ4v) is 3.23. The van der Waals surface area contributed by atoms with Gasteiger partial charge in [0.25, 0.3) is 5.91 Å². The molecule has 0 radical (unpaired) electrons. The number of nitrogens with one attached hydrogen (secondary N) is 1. The number of hydrogen-bond acceptors (Lipinski definition) is 6. The lowest BCUT2D eigenvalue weighted by molar-refractivity contribution is -0.160. The molecule has 2 aliphatic heterocycles. The molecule has 0 aliphatic carbocycles. The first-order valence-corrected chi connectivity index (χ1v) is 9.23. The van der Waals surface area contributed by atoms with Crippen LogP contribution in [0.2, 0.25) is 0 Å². The third kappa shape index (κ3) is 4.08. The number of urea groups is 1. The fourth-order valence-electron chi connectivity index (χ4n) is 3.23. The van der Waals surface area contributed by atoms with Crippen LogP contribution >= 0.6 is 0 Å². The van der Waals surface area contributed by atoms with Gasteiger partial charge in [0.2, 0.25) is 5.91 Å². The Hall–Kier alpha value is -3.10. The smallest absolute Gasteiger partial charge is 0.324 e. The minimum absolute atomic E-state index is 0.0111. The van der Waals surface area contributed by atoms with Crippen LogP contribution < -0.4 is 15.0 Å². The topological polar surface area (TPSA) is 105 Å². The van der Waals surface area contributed by atoms with E-state index in [9.17, 15) is 19.2 Å². The zero-order chi connectivity index (χ0) is 20.3. The van der Waals surface area contributed by atoms with E-state index in [2.05, 4.69) is 5.32 Å². The first-order valence-electron chi connectivity index (χ1n) is 9.23. The number of nitrogens with zero attached hydrogens (tertiary/aromatic N) is 2. The number of rotatable bonds is 6. The van der Waals surface area contributed by atoms with Crippen LogP contribution in [0.3, 0.4) is 0 Å². The Bertz CT molecular complexity index is 778. The number of anilines is 1. The predicted molar refractivity (Wildman–Crippen MR) is 98.7 cm³/mol. The number of benzene rings is 1. The summed E-state index contributed by atoms with van der Waals surface area (Å²) < 4.78 is 10.6. The molecule has 9 nitrogen and oxygen atoms in total. The number of esters is 1. The fraction of sp³-hybridized carbons (Fsp3) is 0.474. The van der Waals surface area contributed by atoms with Crippen molar-refractivity contribution in [1.82, 2.24) is 10.2 Å². The molecular weight excluding hydrogens is 366 g/mol. The van der Waals surface area contributed by atoms with E-state index in [-0.39, 0.29) is 25.4 Å². The van der Waals surface area contributed by atoms with Gasteiger partial charge in [0.05, 0.1) is 12.5 Å². The Morgan fingerprint density at radius 3 is 2.57 bits per heavy atom. The molecule has 150 valence electrons. The lowest BCUT2D eigenvalue weighted by Gasteiger charge is -2.20. The van der Waals surface area contributed by atoms with Gasteiger partial charge in [0.1, 0.15) is 5.75 Å². The van der Waals surface area contributed by atoms with Gasteiger partial charge in [-0.2, -0.15) is 0 Å². The largest absolute Gasteiger partial charge is 0.494 e. The van der Waals surface area contributed by atoms with Gasteiger partial charge in [0, 0.05) is 31.7 Å². The van der Waals surface area contributed by atoms with Crippen molar-refractivity contribution in [2.45, 2.75) is 26.4 Å². The summed E-state index contributed by atoms with van der Waals surface area (Å²) in [5.41, 5.74) is 0.668. The molecule has 2 heterocycles. The Morgan fingerprint density at radius 2 is 1.96 bits per heavy atom. The molecule has 0 bridgehead atoms. The van der Waals surface area contributed by atoms with E-state index < -0.39 is 29.9 Å². The summed E-state index contributed by atoms with van der Waals surface area (Å²) in [6.45, 7) is 4.65.